The number of alkyl halides is 3. The molecule has 6 aromatic heterocycles. The molecule has 262 valence electrons. The van der Waals surface area contributed by atoms with Crippen molar-refractivity contribution in [1.82, 2.24) is 28.7 Å². The van der Waals surface area contributed by atoms with Crippen LogP contribution in [0.3, 0.4) is 0 Å². The van der Waals surface area contributed by atoms with E-state index in [1.165, 1.54) is 17.7 Å². The summed E-state index contributed by atoms with van der Waals surface area (Å²) in [4.78, 5) is 18.0. The predicted molar refractivity (Wildman–Crippen MR) is 202 cm³/mol. The molecule has 8 nitrogen and oxygen atoms in total. The van der Waals surface area contributed by atoms with Gasteiger partial charge in [0.05, 0.1) is 39.7 Å². The van der Waals surface area contributed by atoms with Crippen molar-refractivity contribution in [3.8, 4) is 22.8 Å². The number of nitrogens with one attached hydrogen (secondary N) is 1. The van der Waals surface area contributed by atoms with Crippen LogP contribution in [0.2, 0.25) is 5.15 Å². The molecule has 8 rings (SSSR count). The van der Waals surface area contributed by atoms with Gasteiger partial charge in [-0.15, -0.1) is 0 Å². The number of rotatable bonds is 4. The number of nitrogen functional groups attached to an aromatic ring is 1. The van der Waals surface area contributed by atoms with E-state index >= 15 is 0 Å². The summed E-state index contributed by atoms with van der Waals surface area (Å²) in [5, 5.41) is 3.54. The minimum Gasteiger partial charge on any atom is -0.399 e. The summed E-state index contributed by atoms with van der Waals surface area (Å²) in [6.45, 7) is 5.93. The molecule has 0 unspecified atom stereocenters. The molecule has 2 aromatic carbocycles. The Hall–Kier alpha value is -6.20. The summed E-state index contributed by atoms with van der Waals surface area (Å²) in [5.41, 5.74) is 14.3. The maximum Gasteiger partial charge on any atom is 0.416 e. The highest BCUT2D eigenvalue weighted by Gasteiger charge is 2.30. The maximum atomic E-state index is 12.7. The lowest BCUT2D eigenvalue weighted by atomic mass is 10.2. The largest absolute Gasteiger partial charge is 0.416 e. The first kappa shape index (κ1) is 35.6. The molecule has 0 aliphatic carbocycles. The van der Waals surface area contributed by atoms with Gasteiger partial charge in [-0.1, -0.05) is 53.6 Å². The van der Waals surface area contributed by atoms with Gasteiger partial charge >= 0.3 is 6.18 Å². The van der Waals surface area contributed by atoms with Gasteiger partial charge in [0.2, 0.25) is 0 Å². The van der Waals surface area contributed by atoms with E-state index in [9.17, 15) is 13.2 Å². The SMILES string of the molecule is Cc1ccc(N)cc1.Cc1nc2ccccn2c1-c1cccc(Cl)n1.Cc1nc2ccccn2c1-c1cccc(Nc2ccc(C(F)(F)F)cc2)n1. The Morgan fingerprint density at radius 2 is 1.13 bits per heavy atom. The molecule has 52 heavy (non-hydrogen) atoms. The second-order valence-electron chi connectivity index (χ2n) is 11.8. The summed E-state index contributed by atoms with van der Waals surface area (Å²) in [6.07, 6.45) is -0.452. The van der Waals surface area contributed by atoms with E-state index in [1.807, 2.05) is 127 Å². The molecule has 0 atom stereocenters. The van der Waals surface area contributed by atoms with Gasteiger partial charge in [-0.3, -0.25) is 8.80 Å². The fourth-order valence-electron chi connectivity index (χ4n) is 5.48. The summed E-state index contributed by atoms with van der Waals surface area (Å²) in [6, 6.07) is 35.4. The van der Waals surface area contributed by atoms with Crippen molar-refractivity contribution in [3.63, 3.8) is 0 Å². The van der Waals surface area contributed by atoms with Gasteiger partial charge in [0.1, 0.15) is 22.3 Å². The summed E-state index contributed by atoms with van der Waals surface area (Å²) in [7, 11) is 0. The molecule has 0 saturated heterocycles. The number of imidazole rings is 2. The van der Waals surface area contributed by atoms with Crippen LogP contribution in [0, 0.1) is 20.8 Å². The third kappa shape index (κ3) is 8.39. The van der Waals surface area contributed by atoms with Crippen molar-refractivity contribution in [2.45, 2.75) is 26.9 Å². The second kappa shape index (κ2) is 15.4. The van der Waals surface area contributed by atoms with Crippen LogP contribution in [0.15, 0.2) is 134 Å². The third-order valence-corrected chi connectivity index (χ3v) is 8.13. The van der Waals surface area contributed by atoms with Gasteiger partial charge in [-0.2, -0.15) is 13.2 Å². The number of aryl methyl sites for hydroxylation is 3. The Balaban J connectivity index is 0.000000157. The van der Waals surface area contributed by atoms with E-state index in [1.54, 1.807) is 12.1 Å². The van der Waals surface area contributed by atoms with Crippen LogP contribution in [-0.4, -0.2) is 28.7 Å². The van der Waals surface area contributed by atoms with Crippen molar-refractivity contribution < 1.29 is 13.2 Å². The molecule has 0 fully saturated rings. The number of pyridine rings is 4. The average molecular weight is 719 g/mol. The second-order valence-corrected chi connectivity index (χ2v) is 12.2. The van der Waals surface area contributed by atoms with Crippen molar-refractivity contribution in [2.75, 3.05) is 11.1 Å². The Labute approximate surface area is 303 Å². The van der Waals surface area contributed by atoms with Crippen LogP contribution in [0.25, 0.3) is 34.1 Å². The Kier molecular flexibility index (Phi) is 10.5. The Morgan fingerprint density at radius 3 is 1.65 bits per heavy atom. The summed E-state index contributed by atoms with van der Waals surface area (Å²) < 4.78 is 42.0. The van der Waals surface area contributed by atoms with Gasteiger partial charge in [0.15, 0.2) is 0 Å². The highest BCUT2D eigenvalue weighted by molar-refractivity contribution is 6.29. The van der Waals surface area contributed by atoms with E-state index in [4.69, 9.17) is 17.3 Å². The highest BCUT2D eigenvalue weighted by atomic mass is 35.5. The topological polar surface area (TPSA) is 98.4 Å². The maximum absolute atomic E-state index is 12.7. The van der Waals surface area contributed by atoms with Crippen molar-refractivity contribution >= 4 is 40.1 Å². The zero-order chi connectivity index (χ0) is 36.8. The van der Waals surface area contributed by atoms with E-state index in [-0.39, 0.29) is 0 Å². The van der Waals surface area contributed by atoms with Gasteiger partial charge in [-0.25, -0.2) is 19.9 Å². The molecule has 8 aromatic rings. The molecule has 12 heteroatoms. The molecule has 0 bridgehead atoms. The third-order valence-electron chi connectivity index (χ3n) is 7.92. The molecular weight excluding hydrogens is 685 g/mol. The van der Waals surface area contributed by atoms with Crippen LogP contribution in [0.1, 0.15) is 22.5 Å². The highest BCUT2D eigenvalue weighted by Crippen LogP contribution is 2.31. The smallest absolute Gasteiger partial charge is 0.399 e. The van der Waals surface area contributed by atoms with E-state index < -0.39 is 11.7 Å². The van der Waals surface area contributed by atoms with Gasteiger partial charge in [0, 0.05) is 23.8 Å². The number of nitrogens with two attached hydrogens (primary N) is 1. The lowest BCUT2D eigenvalue weighted by Crippen LogP contribution is -2.04. The number of aromatic nitrogens is 6. The fraction of sp³-hybridized carbons (Fsp3) is 0.100. The van der Waals surface area contributed by atoms with Crippen molar-refractivity contribution in [1.29, 1.82) is 0 Å². The summed E-state index contributed by atoms with van der Waals surface area (Å²) in [5.74, 6) is 0.539. The number of benzene rings is 2. The van der Waals surface area contributed by atoms with Crippen LogP contribution >= 0.6 is 11.6 Å². The average Bonchev–Trinajstić information content (AvgIpc) is 3.65. The minimum atomic E-state index is -4.35. The molecule has 0 aliphatic rings. The van der Waals surface area contributed by atoms with Gasteiger partial charge in [0.25, 0.3) is 0 Å². The number of nitrogens with zero attached hydrogens (tertiary/aromatic N) is 6. The van der Waals surface area contributed by atoms with Crippen LogP contribution in [0.5, 0.6) is 0 Å². The quantitative estimate of drug-likeness (QED) is 0.139. The van der Waals surface area contributed by atoms with Crippen LogP contribution in [0.4, 0.5) is 30.4 Å². The molecule has 6 heterocycles. The molecule has 0 spiro atoms. The predicted octanol–water partition coefficient (Wildman–Crippen LogP) is 10.4. The lowest BCUT2D eigenvalue weighted by molar-refractivity contribution is -0.137. The normalized spacial score (nSPS) is 11.1. The standard InChI is InChI=1S/C20H15F3N4.C13H10ClN3.C7H9N/c1-13-19(27-12-3-2-7-18(27)24-13)16-5-4-6-17(26-16)25-15-10-8-14(9-11-15)20(21,22)23;1-9-13(10-5-4-6-11(14)16-10)17-8-3-2-7-12(17)15-9;1-6-2-4-7(8)5-3-6/h2-12H,1H3,(H,25,26);2-8H,1H3;2-5H,8H2,1H3. The zero-order valence-electron chi connectivity index (χ0n) is 28.5. The number of anilines is 3. The monoisotopic (exact) mass is 718 g/mol. The Morgan fingerprint density at radius 1 is 0.596 bits per heavy atom. The molecule has 0 saturated carbocycles. The number of hydrogen-bond donors (Lipinski definition) is 2. The van der Waals surface area contributed by atoms with Gasteiger partial charge in [-0.05, 0) is 106 Å². The van der Waals surface area contributed by atoms with Gasteiger partial charge < -0.3 is 11.1 Å². The van der Waals surface area contributed by atoms with Crippen molar-refractivity contribution in [3.05, 3.63) is 161 Å². The van der Waals surface area contributed by atoms with E-state index in [0.717, 1.165) is 63.3 Å². The number of halogens is 4. The van der Waals surface area contributed by atoms with Crippen LogP contribution in [-0.2, 0) is 6.18 Å². The first-order chi connectivity index (χ1) is 25.0. The fourth-order valence-corrected chi connectivity index (χ4v) is 5.64. The molecule has 0 radical (unpaired) electrons. The van der Waals surface area contributed by atoms with Crippen LogP contribution < -0.4 is 11.1 Å². The van der Waals surface area contributed by atoms with E-state index in [2.05, 4.69) is 25.3 Å². The van der Waals surface area contributed by atoms with E-state index in [0.29, 0.717) is 16.7 Å². The molecule has 0 aliphatic heterocycles. The number of fused-ring (bicyclic) bond motifs is 2. The lowest BCUT2D eigenvalue weighted by Gasteiger charge is -2.10. The first-order valence-corrected chi connectivity index (χ1v) is 16.6. The Bertz CT molecular complexity index is 2420. The zero-order valence-corrected chi connectivity index (χ0v) is 29.2. The molecular formula is C40H34ClF3N8. The molecule has 3 N–H and O–H groups in total. The molecule has 0 amide bonds. The first-order valence-electron chi connectivity index (χ1n) is 16.2. The minimum absolute atomic E-state index is 0.493. The van der Waals surface area contributed by atoms with Crippen molar-refractivity contribution in [2.24, 2.45) is 0 Å². The number of hydrogen-bond acceptors (Lipinski definition) is 6. The summed E-state index contributed by atoms with van der Waals surface area (Å²) >= 11 is 5.92.